The number of ether oxygens (including phenoxy) is 1. The van der Waals surface area contributed by atoms with E-state index in [1.165, 1.54) is 6.07 Å². The van der Waals surface area contributed by atoms with Crippen LogP contribution < -0.4 is 0 Å². The minimum Gasteiger partial charge on any atom is -0.446 e. The first-order chi connectivity index (χ1) is 10.6. The SMILES string of the molecule is CC1(c2cccc3c(F)cccc23)OC(=O)c2ccccc21. The van der Waals surface area contributed by atoms with Gasteiger partial charge in [-0.1, -0.05) is 48.5 Å². The van der Waals surface area contributed by atoms with E-state index in [0.29, 0.717) is 10.9 Å². The average Bonchev–Trinajstić information content (AvgIpc) is 2.80. The van der Waals surface area contributed by atoms with Crippen LogP contribution in [0.2, 0.25) is 0 Å². The second kappa shape index (κ2) is 4.41. The van der Waals surface area contributed by atoms with Gasteiger partial charge in [-0.05, 0) is 24.4 Å². The summed E-state index contributed by atoms with van der Waals surface area (Å²) in [6.45, 7) is 1.86. The van der Waals surface area contributed by atoms with Crippen LogP contribution in [-0.2, 0) is 10.3 Å². The van der Waals surface area contributed by atoms with Crippen LogP contribution in [-0.4, -0.2) is 5.97 Å². The Bertz CT molecular complexity index is 916. The molecule has 0 fully saturated rings. The molecule has 0 saturated heterocycles. The number of benzene rings is 3. The highest BCUT2D eigenvalue weighted by Gasteiger charge is 2.43. The van der Waals surface area contributed by atoms with E-state index in [-0.39, 0.29) is 11.8 Å². The van der Waals surface area contributed by atoms with Gasteiger partial charge >= 0.3 is 5.97 Å². The monoisotopic (exact) mass is 292 g/mol. The molecule has 0 spiro atoms. The van der Waals surface area contributed by atoms with Gasteiger partial charge < -0.3 is 4.74 Å². The molecule has 1 aliphatic heterocycles. The highest BCUT2D eigenvalue weighted by molar-refractivity contribution is 5.97. The normalized spacial score (nSPS) is 20.0. The van der Waals surface area contributed by atoms with Crippen LogP contribution >= 0.6 is 0 Å². The van der Waals surface area contributed by atoms with Crippen LogP contribution in [0.15, 0.2) is 60.7 Å². The van der Waals surface area contributed by atoms with E-state index in [2.05, 4.69) is 0 Å². The molecular weight excluding hydrogens is 279 g/mol. The summed E-state index contributed by atoms with van der Waals surface area (Å²) in [5, 5.41) is 1.29. The Labute approximate surface area is 127 Å². The maximum absolute atomic E-state index is 14.0. The van der Waals surface area contributed by atoms with Gasteiger partial charge in [-0.2, -0.15) is 0 Å². The molecule has 3 aromatic rings. The number of carbonyl (C=O) groups is 1. The number of carbonyl (C=O) groups excluding carboxylic acids is 1. The van der Waals surface area contributed by atoms with Crippen molar-refractivity contribution in [1.29, 1.82) is 0 Å². The van der Waals surface area contributed by atoms with E-state index in [0.717, 1.165) is 16.5 Å². The van der Waals surface area contributed by atoms with E-state index < -0.39 is 5.60 Å². The highest BCUT2D eigenvalue weighted by atomic mass is 19.1. The summed E-state index contributed by atoms with van der Waals surface area (Å²) in [6.07, 6.45) is 0. The lowest BCUT2D eigenvalue weighted by atomic mass is 9.84. The smallest absolute Gasteiger partial charge is 0.339 e. The lowest BCUT2D eigenvalue weighted by Crippen LogP contribution is -2.23. The van der Waals surface area contributed by atoms with Gasteiger partial charge in [0, 0.05) is 16.5 Å². The second-order valence-corrected chi connectivity index (χ2v) is 5.61. The maximum Gasteiger partial charge on any atom is 0.339 e. The molecule has 4 rings (SSSR count). The number of halogens is 1. The second-order valence-electron chi connectivity index (χ2n) is 5.61. The number of fused-ring (bicyclic) bond motifs is 2. The molecule has 3 aromatic carbocycles. The van der Waals surface area contributed by atoms with E-state index in [9.17, 15) is 9.18 Å². The Kier molecular flexibility index (Phi) is 2.61. The molecule has 0 bridgehead atoms. The molecule has 22 heavy (non-hydrogen) atoms. The lowest BCUT2D eigenvalue weighted by Gasteiger charge is -2.26. The molecule has 2 nitrogen and oxygen atoms in total. The Hall–Kier alpha value is -2.68. The van der Waals surface area contributed by atoms with Crippen LogP contribution in [0.4, 0.5) is 4.39 Å². The van der Waals surface area contributed by atoms with Crippen molar-refractivity contribution in [2.45, 2.75) is 12.5 Å². The first-order valence-electron chi connectivity index (χ1n) is 7.12. The summed E-state index contributed by atoms with van der Waals surface area (Å²) < 4.78 is 19.7. The molecule has 1 heterocycles. The van der Waals surface area contributed by atoms with Gasteiger partial charge in [0.05, 0.1) is 5.56 Å². The molecule has 1 atom stereocenters. The summed E-state index contributed by atoms with van der Waals surface area (Å²) in [5.41, 5.74) is 1.28. The van der Waals surface area contributed by atoms with Gasteiger partial charge in [0.2, 0.25) is 0 Å². The topological polar surface area (TPSA) is 26.3 Å². The zero-order valence-electron chi connectivity index (χ0n) is 12.0. The zero-order chi connectivity index (χ0) is 15.3. The van der Waals surface area contributed by atoms with E-state index >= 15 is 0 Å². The van der Waals surface area contributed by atoms with Crippen molar-refractivity contribution in [1.82, 2.24) is 0 Å². The van der Waals surface area contributed by atoms with Crippen LogP contribution in [0.1, 0.15) is 28.4 Å². The predicted octanol–water partition coefficient (Wildman–Crippen LogP) is 4.41. The number of cyclic esters (lactones) is 1. The Morgan fingerprint density at radius 1 is 0.864 bits per heavy atom. The summed E-state index contributed by atoms with van der Waals surface area (Å²) in [6, 6.07) is 17.7. The highest BCUT2D eigenvalue weighted by Crippen LogP contribution is 2.44. The molecule has 0 aliphatic carbocycles. The third-order valence-electron chi connectivity index (χ3n) is 4.34. The standard InChI is InChI=1S/C19H13FO2/c1-19(16-9-3-2-6-14(16)18(21)22-19)15-10-4-8-13-12(15)7-5-11-17(13)20/h2-11H,1H3. The lowest BCUT2D eigenvalue weighted by molar-refractivity contribution is 0.0185. The van der Waals surface area contributed by atoms with Crippen molar-refractivity contribution in [3.63, 3.8) is 0 Å². The van der Waals surface area contributed by atoms with Gasteiger partial charge in [0.1, 0.15) is 5.82 Å². The molecule has 0 saturated carbocycles. The first kappa shape index (κ1) is 13.0. The van der Waals surface area contributed by atoms with Gasteiger partial charge in [0.25, 0.3) is 0 Å². The zero-order valence-corrected chi connectivity index (χ0v) is 12.0. The third kappa shape index (κ3) is 1.62. The van der Waals surface area contributed by atoms with E-state index in [1.54, 1.807) is 24.3 Å². The number of rotatable bonds is 1. The van der Waals surface area contributed by atoms with Gasteiger partial charge in [-0.3, -0.25) is 0 Å². The largest absolute Gasteiger partial charge is 0.446 e. The number of hydrogen-bond donors (Lipinski definition) is 0. The number of hydrogen-bond acceptors (Lipinski definition) is 2. The first-order valence-corrected chi connectivity index (χ1v) is 7.12. The minimum absolute atomic E-state index is 0.277. The van der Waals surface area contributed by atoms with Crippen molar-refractivity contribution in [2.75, 3.05) is 0 Å². The molecule has 0 N–H and O–H groups in total. The molecule has 1 unspecified atom stereocenters. The molecule has 0 amide bonds. The van der Waals surface area contributed by atoms with Crippen molar-refractivity contribution < 1.29 is 13.9 Å². The van der Waals surface area contributed by atoms with Gasteiger partial charge in [-0.25, -0.2) is 9.18 Å². The summed E-state index contributed by atoms with van der Waals surface area (Å²) in [7, 11) is 0. The molecule has 108 valence electrons. The van der Waals surface area contributed by atoms with Crippen LogP contribution in [0, 0.1) is 5.82 Å². The van der Waals surface area contributed by atoms with Crippen molar-refractivity contribution >= 4 is 16.7 Å². The van der Waals surface area contributed by atoms with Crippen molar-refractivity contribution in [2.24, 2.45) is 0 Å². The van der Waals surface area contributed by atoms with Crippen LogP contribution in [0.25, 0.3) is 10.8 Å². The minimum atomic E-state index is -0.902. The number of esters is 1. The van der Waals surface area contributed by atoms with Gasteiger partial charge in [0.15, 0.2) is 5.60 Å². The fourth-order valence-corrected chi connectivity index (χ4v) is 3.26. The van der Waals surface area contributed by atoms with Gasteiger partial charge in [-0.15, -0.1) is 0 Å². The Balaban J connectivity index is 2.05. The fourth-order valence-electron chi connectivity index (χ4n) is 3.26. The third-order valence-corrected chi connectivity index (χ3v) is 4.34. The van der Waals surface area contributed by atoms with E-state index in [4.69, 9.17) is 4.74 Å². The summed E-state index contributed by atoms with van der Waals surface area (Å²) in [4.78, 5) is 12.2. The fraction of sp³-hybridized carbons (Fsp3) is 0.105. The van der Waals surface area contributed by atoms with Crippen molar-refractivity contribution in [3.05, 3.63) is 83.2 Å². The average molecular weight is 292 g/mol. The molecule has 0 aromatic heterocycles. The molecule has 0 radical (unpaired) electrons. The summed E-state index contributed by atoms with van der Waals surface area (Å²) >= 11 is 0. The van der Waals surface area contributed by atoms with Crippen LogP contribution in [0.3, 0.4) is 0 Å². The predicted molar refractivity (Wildman–Crippen MR) is 82.2 cm³/mol. The quantitative estimate of drug-likeness (QED) is 0.621. The van der Waals surface area contributed by atoms with Crippen LogP contribution in [0.5, 0.6) is 0 Å². The van der Waals surface area contributed by atoms with Crippen molar-refractivity contribution in [3.8, 4) is 0 Å². The maximum atomic E-state index is 14.0. The van der Waals surface area contributed by atoms with E-state index in [1.807, 2.05) is 37.3 Å². The summed E-state index contributed by atoms with van der Waals surface area (Å²) in [5.74, 6) is -0.618. The molecule has 1 aliphatic rings. The Morgan fingerprint density at radius 2 is 1.55 bits per heavy atom. The molecular formula is C19H13FO2. The Morgan fingerprint density at radius 3 is 2.41 bits per heavy atom. The molecule has 3 heteroatoms.